The Kier molecular flexibility index (Phi) is 3.28. The summed E-state index contributed by atoms with van der Waals surface area (Å²) in [6, 6.07) is 0.251. The maximum absolute atomic E-state index is 12.2. The maximum Gasteiger partial charge on any atom is 0.257 e. The molecular weight excluding hydrogens is 246 g/mol. The Bertz CT molecular complexity index is 430. The van der Waals surface area contributed by atoms with Crippen molar-refractivity contribution in [3.8, 4) is 0 Å². The predicted molar refractivity (Wildman–Crippen MR) is 67.6 cm³/mol. The van der Waals surface area contributed by atoms with Crippen molar-refractivity contribution in [3.05, 3.63) is 18.0 Å². The zero-order chi connectivity index (χ0) is 13.3. The number of carbonyl (C=O) groups excluding carboxylic acids is 1. The Morgan fingerprint density at radius 3 is 2.68 bits per heavy atom. The van der Waals surface area contributed by atoms with Crippen LogP contribution in [0.4, 0.5) is 0 Å². The first kappa shape index (κ1) is 12.6. The molecule has 1 aliphatic carbocycles. The van der Waals surface area contributed by atoms with Gasteiger partial charge in [-0.05, 0) is 12.8 Å². The number of carbonyl (C=O) groups is 1. The molecule has 2 fully saturated rings. The van der Waals surface area contributed by atoms with Crippen molar-refractivity contribution in [2.45, 2.75) is 37.5 Å². The smallest absolute Gasteiger partial charge is 0.257 e. The van der Waals surface area contributed by atoms with Gasteiger partial charge in [-0.15, -0.1) is 0 Å². The number of nitrogens with one attached hydrogen (secondary N) is 1. The van der Waals surface area contributed by atoms with Gasteiger partial charge < -0.3 is 14.4 Å². The van der Waals surface area contributed by atoms with Gasteiger partial charge in [0.05, 0.1) is 25.0 Å². The molecule has 0 radical (unpaired) electrons. The Morgan fingerprint density at radius 1 is 1.42 bits per heavy atom. The summed E-state index contributed by atoms with van der Waals surface area (Å²) < 4.78 is 11.4. The Balaban J connectivity index is 1.60. The van der Waals surface area contributed by atoms with Crippen LogP contribution in [0.3, 0.4) is 0 Å². The van der Waals surface area contributed by atoms with Crippen molar-refractivity contribution in [2.75, 3.05) is 20.3 Å². The number of hydrogen-bond donors (Lipinski definition) is 1. The summed E-state index contributed by atoms with van der Waals surface area (Å²) in [4.78, 5) is 14.0. The minimum Gasteiger partial charge on any atom is -0.348 e. The summed E-state index contributed by atoms with van der Waals surface area (Å²) in [5, 5.41) is 6.49. The van der Waals surface area contributed by atoms with Crippen LogP contribution in [0.2, 0.25) is 0 Å². The lowest BCUT2D eigenvalue weighted by atomic mass is 9.89. The second kappa shape index (κ2) is 4.94. The number of aromatic amines is 1. The van der Waals surface area contributed by atoms with Crippen LogP contribution in [0.5, 0.6) is 0 Å². The first-order valence-electron chi connectivity index (χ1n) is 6.74. The molecule has 2 heterocycles. The van der Waals surface area contributed by atoms with E-state index < -0.39 is 0 Å². The number of H-pyrrole nitrogens is 1. The van der Waals surface area contributed by atoms with E-state index in [0.29, 0.717) is 18.8 Å². The second-order valence-electron chi connectivity index (χ2n) is 5.24. The molecule has 6 heteroatoms. The van der Waals surface area contributed by atoms with E-state index in [9.17, 15) is 4.79 Å². The van der Waals surface area contributed by atoms with Crippen molar-refractivity contribution in [2.24, 2.45) is 0 Å². The highest BCUT2D eigenvalue weighted by Gasteiger charge is 2.41. The van der Waals surface area contributed by atoms with Crippen LogP contribution >= 0.6 is 0 Å². The quantitative estimate of drug-likeness (QED) is 0.871. The molecule has 1 saturated carbocycles. The number of ether oxygens (including phenoxy) is 2. The van der Waals surface area contributed by atoms with Crippen molar-refractivity contribution < 1.29 is 14.3 Å². The average molecular weight is 265 g/mol. The van der Waals surface area contributed by atoms with Gasteiger partial charge in [0, 0.05) is 32.1 Å². The molecule has 6 nitrogen and oxygen atoms in total. The number of amides is 1. The van der Waals surface area contributed by atoms with Crippen LogP contribution in [-0.4, -0.2) is 53.1 Å². The minimum atomic E-state index is -0.365. The summed E-state index contributed by atoms with van der Waals surface area (Å²) in [6.07, 6.45) is 6.75. The second-order valence-corrected chi connectivity index (χ2v) is 5.24. The van der Waals surface area contributed by atoms with Crippen LogP contribution in [0.1, 0.15) is 36.0 Å². The summed E-state index contributed by atoms with van der Waals surface area (Å²) >= 11 is 0. The van der Waals surface area contributed by atoms with Gasteiger partial charge in [-0.3, -0.25) is 9.89 Å². The SMILES string of the molecule is CN(C(=O)c1cn[nH]c1)C1CCC2(CC1)OCCO2. The van der Waals surface area contributed by atoms with Gasteiger partial charge in [0.15, 0.2) is 5.79 Å². The standard InChI is InChI=1S/C13H19N3O3/c1-16(12(17)10-8-14-15-9-10)11-2-4-13(5-3-11)18-6-7-19-13/h8-9,11H,2-7H2,1H3,(H,14,15). The van der Waals surface area contributed by atoms with Crippen molar-refractivity contribution in [1.29, 1.82) is 0 Å². The molecule has 19 heavy (non-hydrogen) atoms. The highest BCUT2D eigenvalue weighted by Crippen LogP contribution is 2.37. The van der Waals surface area contributed by atoms with Crippen LogP contribution in [0.25, 0.3) is 0 Å². The summed E-state index contributed by atoms with van der Waals surface area (Å²) in [6.45, 7) is 1.38. The Morgan fingerprint density at radius 2 is 2.11 bits per heavy atom. The van der Waals surface area contributed by atoms with E-state index in [1.807, 2.05) is 11.9 Å². The molecule has 2 aliphatic rings. The number of hydrogen-bond acceptors (Lipinski definition) is 4. The molecule has 1 N–H and O–H groups in total. The molecule has 3 rings (SSSR count). The lowest BCUT2D eigenvalue weighted by Gasteiger charge is -2.38. The maximum atomic E-state index is 12.2. The number of aromatic nitrogens is 2. The van der Waals surface area contributed by atoms with Gasteiger partial charge >= 0.3 is 0 Å². The van der Waals surface area contributed by atoms with E-state index in [2.05, 4.69) is 10.2 Å². The first-order chi connectivity index (χ1) is 9.20. The molecule has 104 valence electrons. The zero-order valence-electron chi connectivity index (χ0n) is 11.1. The molecule has 1 aliphatic heterocycles. The summed E-state index contributed by atoms with van der Waals surface area (Å²) in [7, 11) is 1.86. The van der Waals surface area contributed by atoms with Crippen molar-refractivity contribution in [1.82, 2.24) is 15.1 Å². The third-order valence-electron chi connectivity index (χ3n) is 4.14. The van der Waals surface area contributed by atoms with Crippen LogP contribution < -0.4 is 0 Å². The summed E-state index contributed by atoms with van der Waals surface area (Å²) in [5.41, 5.74) is 0.608. The molecule has 1 saturated heterocycles. The van der Waals surface area contributed by atoms with E-state index in [-0.39, 0.29) is 17.7 Å². The van der Waals surface area contributed by atoms with E-state index in [1.165, 1.54) is 0 Å². The van der Waals surface area contributed by atoms with Gasteiger partial charge in [-0.1, -0.05) is 0 Å². The van der Waals surface area contributed by atoms with E-state index in [0.717, 1.165) is 25.7 Å². The minimum absolute atomic E-state index is 0.0166. The highest BCUT2D eigenvalue weighted by atomic mass is 16.7. The first-order valence-corrected chi connectivity index (χ1v) is 6.74. The summed E-state index contributed by atoms with van der Waals surface area (Å²) in [5.74, 6) is -0.348. The zero-order valence-corrected chi connectivity index (χ0v) is 11.1. The molecule has 0 atom stereocenters. The monoisotopic (exact) mass is 265 g/mol. The largest absolute Gasteiger partial charge is 0.348 e. The fourth-order valence-corrected chi connectivity index (χ4v) is 2.95. The normalized spacial score (nSPS) is 22.8. The van der Waals surface area contributed by atoms with Gasteiger partial charge in [0.25, 0.3) is 5.91 Å². The fraction of sp³-hybridized carbons (Fsp3) is 0.692. The van der Waals surface area contributed by atoms with Crippen LogP contribution in [0.15, 0.2) is 12.4 Å². The lowest BCUT2D eigenvalue weighted by Crippen LogP contribution is -2.44. The Hall–Kier alpha value is -1.40. The molecule has 1 spiro atoms. The van der Waals surface area contributed by atoms with E-state index >= 15 is 0 Å². The van der Waals surface area contributed by atoms with Gasteiger partial charge in [0.1, 0.15) is 0 Å². The number of nitrogens with zero attached hydrogens (tertiary/aromatic N) is 2. The molecule has 0 unspecified atom stereocenters. The lowest BCUT2D eigenvalue weighted by molar-refractivity contribution is -0.182. The van der Waals surface area contributed by atoms with Crippen LogP contribution in [-0.2, 0) is 9.47 Å². The molecule has 1 aromatic heterocycles. The molecule has 1 aromatic rings. The van der Waals surface area contributed by atoms with E-state index in [1.54, 1.807) is 12.4 Å². The number of rotatable bonds is 2. The van der Waals surface area contributed by atoms with Gasteiger partial charge in [-0.25, -0.2) is 0 Å². The molecule has 0 aromatic carbocycles. The predicted octanol–water partition coefficient (Wildman–Crippen LogP) is 1.17. The molecule has 0 bridgehead atoms. The molecule has 1 amide bonds. The topological polar surface area (TPSA) is 67.5 Å². The Labute approximate surface area is 112 Å². The fourth-order valence-electron chi connectivity index (χ4n) is 2.95. The van der Waals surface area contributed by atoms with Crippen LogP contribution in [0, 0.1) is 0 Å². The van der Waals surface area contributed by atoms with Gasteiger partial charge in [-0.2, -0.15) is 5.10 Å². The molecular formula is C13H19N3O3. The van der Waals surface area contributed by atoms with Crippen molar-refractivity contribution >= 4 is 5.91 Å². The average Bonchev–Trinajstić information content (AvgIpc) is 3.10. The van der Waals surface area contributed by atoms with Crippen molar-refractivity contribution in [3.63, 3.8) is 0 Å². The highest BCUT2D eigenvalue weighted by molar-refractivity contribution is 5.93. The third kappa shape index (κ3) is 2.37. The van der Waals surface area contributed by atoms with Gasteiger partial charge in [0.2, 0.25) is 0 Å². The van der Waals surface area contributed by atoms with E-state index in [4.69, 9.17) is 9.47 Å². The third-order valence-corrected chi connectivity index (χ3v) is 4.14.